The highest BCUT2D eigenvalue weighted by atomic mass is 32.1. The maximum Gasteiger partial charge on any atom is 0.349 e. The topological polar surface area (TPSA) is 68.3 Å². The van der Waals surface area contributed by atoms with Crippen molar-refractivity contribution in [3.63, 3.8) is 0 Å². The Bertz CT molecular complexity index is 625. The molecule has 0 saturated heterocycles. The number of nitrogens with zero attached hydrogens (tertiary/aromatic N) is 1. The van der Waals surface area contributed by atoms with Crippen molar-refractivity contribution in [1.82, 2.24) is 4.98 Å². The molecule has 2 rings (SSSR count). The zero-order valence-corrected chi connectivity index (χ0v) is 12.6. The number of aromatic nitrogens is 1. The SMILES string of the molecule is CCC(C(=O)Nc1ncc(C(=O)OC)s1)c1ccccc1. The summed E-state index contributed by atoms with van der Waals surface area (Å²) < 4.78 is 4.61. The third-order valence-corrected chi connectivity index (χ3v) is 3.94. The number of amides is 1. The third kappa shape index (κ3) is 3.66. The zero-order chi connectivity index (χ0) is 15.2. The lowest BCUT2D eigenvalue weighted by atomic mass is 9.96. The van der Waals surface area contributed by atoms with Gasteiger partial charge in [-0.3, -0.25) is 4.79 Å². The van der Waals surface area contributed by atoms with Gasteiger partial charge < -0.3 is 10.1 Å². The maximum atomic E-state index is 12.3. The summed E-state index contributed by atoms with van der Waals surface area (Å²) in [5.74, 6) is -0.825. The molecule has 0 aliphatic rings. The van der Waals surface area contributed by atoms with Gasteiger partial charge in [0.2, 0.25) is 5.91 Å². The lowest BCUT2D eigenvalue weighted by Gasteiger charge is -2.13. The van der Waals surface area contributed by atoms with Crippen molar-refractivity contribution in [2.45, 2.75) is 19.3 Å². The third-order valence-electron chi connectivity index (χ3n) is 3.05. The van der Waals surface area contributed by atoms with Crippen molar-refractivity contribution in [2.75, 3.05) is 12.4 Å². The number of ether oxygens (including phenoxy) is 1. The fourth-order valence-electron chi connectivity index (χ4n) is 1.98. The quantitative estimate of drug-likeness (QED) is 0.862. The Morgan fingerprint density at radius 2 is 2.05 bits per heavy atom. The van der Waals surface area contributed by atoms with Crippen LogP contribution in [0.25, 0.3) is 0 Å². The molecule has 6 heteroatoms. The monoisotopic (exact) mass is 304 g/mol. The summed E-state index contributed by atoms with van der Waals surface area (Å²) in [4.78, 5) is 28.1. The summed E-state index contributed by atoms with van der Waals surface area (Å²) in [5.41, 5.74) is 0.960. The molecule has 1 unspecified atom stereocenters. The van der Waals surface area contributed by atoms with E-state index in [1.54, 1.807) is 0 Å². The number of esters is 1. The molecule has 1 atom stereocenters. The van der Waals surface area contributed by atoms with Gasteiger partial charge in [-0.1, -0.05) is 48.6 Å². The van der Waals surface area contributed by atoms with Crippen LogP contribution in [0.2, 0.25) is 0 Å². The first-order chi connectivity index (χ1) is 10.2. The van der Waals surface area contributed by atoms with E-state index < -0.39 is 5.97 Å². The summed E-state index contributed by atoms with van der Waals surface area (Å²) in [6, 6.07) is 9.58. The van der Waals surface area contributed by atoms with E-state index in [2.05, 4.69) is 15.0 Å². The largest absolute Gasteiger partial charge is 0.465 e. The first-order valence-electron chi connectivity index (χ1n) is 6.55. The van der Waals surface area contributed by atoms with E-state index in [0.29, 0.717) is 16.4 Å². The number of rotatable bonds is 5. The standard InChI is InChI=1S/C15H16N2O3S/c1-3-11(10-7-5-4-6-8-10)13(18)17-15-16-9-12(21-15)14(19)20-2/h4-9,11H,3H2,1-2H3,(H,16,17,18). The van der Waals surface area contributed by atoms with Crippen LogP contribution in [0, 0.1) is 0 Å². The molecule has 21 heavy (non-hydrogen) atoms. The van der Waals surface area contributed by atoms with Crippen LogP contribution in [-0.4, -0.2) is 24.0 Å². The van der Waals surface area contributed by atoms with E-state index in [4.69, 9.17) is 0 Å². The molecule has 1 amide bonds. The second-order valence-corrected chi connectivity index (χ2v) is 5.41. The Morgan fingerprint density at radius 3 is 2.67 bits per heavy atom. The van der Waals surface area contributed by atoms with Gasteiger partial charge in [0.1, 0.15) is 4.88 Å². The fourth-order valence-corrected chi connectivity index (χ4v) is 2.71. The van der Waals surface area contributed by atoms with Gasteiger partial charge in [0, 0.05) is 0 Å². The number of anilines is 1. The molecule has 0 radical (unpaired) electrons. The molecule has 0 aliphatic carbocycles. The van der Waals surface area contributed by atoms with Crippen LogP contribution in [-0.2, 0) is 9.53 Å². The minimum absolute atomic E-state index is 0.130. The van der Waals surface area contributed by atoms with Crippen LogP contribution in [0.15, 0.2) is 36.5 Å². The lowest BCUT2D eigenvalue weighted by Crippen LogP contribution is -2.20. The van der Waals surface area contributed by atoms with Crippen LogP contribution in [0.1, 0.15) is 34.5 Å². The van der Waals surface area contributed by atoms with Gasteiger partial charge in [-0.05, 0) is 12.0 Å². The van der Waals surface area contributed by atoms with Crippen molar-refractivity contribution < 1.29 is 14.3 Å². The molecule has 1 heterocycles. The van der Waals surface area contributed by atoms with Gasteiger partial charge >= 0.3 is 5.97 Å². The Hall–Kier alpha value is -2.21. The molecule has 0 bridgehead atoms. The van der Waals surface area contributed by atoms with Crippen LogP contribution in [0.5, 0.6) is 0 Å². The minimum Gasteiger partial charge on any atom is -0.465 e. The second kappa shape index (κ2) is 6.99. The zero-order valence-electron chi connectivity index (χ0n) is 11.8. The molecule has 5 nitrogen and oxygen atoms in total. The molecule has 1 aromatic heterocycles. The van der Waals surface area contributed by atoms with E-state index in [9.17, 15) is 9.59 Å². The normalized spacial score (nSPS) is 11.7. The molecule has 1 N–H and O–H groups in total. The highest BCUT2D eigenvalue weighted by molar-refractivity contribution is 7.17. The molecule has 0 spiro atoms. The first-order valence-corrected chi connectivity index (χ1v) is 7.37. The van der Waals surface area contributed by atoms with Crippen molar-refractivity contribution >= 4 is 28.3 Å². The highest BCUT2D eigenvalue weighted by Gasteiger charge is 2.20. The predicted molar refractivity (Wildman–Crippen MR) is 81.6 cm³/mol. The Morgan fingerprint density at radius 1 is 1.33 bits per heavy atom. The molecule has 0 aliphatic heterocycles. The summed E-state index contributed by atoms with van der Waals surface area (Å²) in [6.45, 7) is 1.96. The van der Waals surface area contributed by atoms with E-state index in [0.717, 1.165) is 16.9 Å². The van der Waals surface area contributed by atoms with Crippen LogP contribution in [0.4, 0.5) is 5.13 Å². The van der Waals surface area contributed by atoms with E-state index >= 15 is 0 Å². The average molecular weight is 304 g/mol. The number of nitrogens with one attached hydrogen (secondary N) is 1. The number of thiazole rings is 1. The van der Waals surface area contributed by atoms with Gasteiger partial charge in [0.05, 0.1) is 19.2 Å². The van der Waals surface area contributed by atoms with Gasteiger partial charge in [-0.25, -0.2) is 9.78 Å². The van der Waals surface area contributed by atoms with Crippen LogP contribution < -0.4 is 5.32 Å². The number of hydrogen-bond acceptors (Lipinski definition) is 5. The fraction of sp³-hybridized carbons (Fsp3) is 0.267. The molecular formula is C15H16N2O3S. The smallest absolute Gasteiger partial charge is 0.349 e. The summed E-state index contributed by atoms with van der Waals surface area (Å²) in [7, 11) is 1.31. The van der Waals surface area contributed by atoms with Gasteiger partial charge in [-0.2, -0.15) is 0 Å². The van der Waals surface area contributed by atoms with Gasteiger partial charge in [0.15, 0.2) is 5.13 Å². The Labute approximate surface area is 127 Å². The first kappa shape index (κ1) is 15.2. The summed E-state index contributed by atoms with van der Waals surface area (Å²) in [6.07, 6.45) is 2.08. The van der Waals surface area contributed by atoms with Crippen molar-refractivity contribution in [3.05, 3.63) is 47.0 Å². The molecule has 1 aromatic carbocycles. The molecule has 0 fully saturated rings. The number of carbonyl (C=O) groups is 2. The Balaban J connectivity index is 2.09. The highest BCUT2D eigenvalue weighted by Crippen LogP contribution is 2.24. The average Bonchev–Trinajstić information content (AvgIpc) is 2.96. The van der Waals surface area contributed by atoms with Crippen LogP contribution >= 0.6 is 11.3 Å². The molecule has 110 valence electrons. The molecular weight excluding hydrogens is 288 g/mol. The van der Waals surface area contributed by atoms with E-state index in [-0.39, 0.29) is 11.8 Å². The number of benzene rings is 1. The number of hydrogen-bond donors (Lipinski definition) is 1. The summed E-state index contributed by atoms with van der Waals surface area (Å²) in [5, 5.41) is 3.15. The van der Waals surface area contributed by atoms with Gasteiger partial charge in [0.25, 0.3) is 0 Å². The Kier molecular flexibility index (Phi) is 5.05. The molecule has 0 saturated carbocycles. The predicted octanol–water partition coefficient (Wildman–Crippen LogP) is 3.06. The van der Waals surface area contributed by atoms with Crippen molar-refractivity contribution in [1.29, 1.82) is 0 Å². The lowest BCUT2D eigenvalue weighted by molar-refractivity contribution is -0.117. The second-order valence-electron chi connectivity index (χ2n) is 4.38. The van der Waals surface area contributed by atoms with E-state index in [1.165, 1.54) is 13.3 Å². The van der Waals surface area contributed by atoms with Crippen molar-refractivity contribution in [2.24, 2.45) is 0 Å². The van der Waals surface area contributed by atoms with Crippen molar-refractivity contribution in [3.8, 4) is 0 Å². The maximum absolute atomic E-state index is 12.3. The minimum atomic E-state index is -0.455. The van der Waals surface area contributed by atoms with Gasteiger partial charge in [-0.15, -0.1) is 0 Å². The van der Waals surface area contributed by atoms with E-state index in [1.807, 2.05) is 37.3 Å². The summed E-state index contributed by atoms with van der Waals surface area (Å²) >= 11 is 1.10. The molecule has 2 aromatic rings. The number of methoxy groups -OCH3 is 1. The van der Waals surface area contributed by atoms with Crippen LogP contribution in [0.3, 0.4) is 0 Å². The number of carbonyl (C=O) groups excluding carboxylic acids is 2.